The van der Waals surface area contributed by atoms with E-state index in [1.54, 1.807) is 12.1 Å². The molecule has 0 spiro atoms. The summed E-state index contributed by atoms with van der Waals surface area (Å²) in [6, 6.07) is 3.40. The van der Waals surface area contributed by atoms with Gasteiger partial charge in [0.15, 0.2) is 6.29 Å². The van der Waals surface area contributed by atoms with Crippen LogP contribution in [0.1, 0.15) is 49.9 Å². The van der Waals surface area contributed by atoms with E-state index in [1.165, 1.54) is 0 Å². The van der Waals surface area contributed by atoms with Gasteiger partial charge in [0.2, 0.25) is 0 Å². The molecule has 1 rings (SSSR count). The predicted molar refractivity (Wildman–Crippen MR) is 77.6 cm³/mol. The first-order valence-electron chi connectivity index (χ1n) is 6.77. The first-order chi connectivity index (χ1) is 9.22. The second-order valence-electron chi connectivity index (χ2n) is 4.34. The molecule has 0 radical (unpaired) electrons. The second-order valence-corrected chi connectivity index (χ2v) is 4.75. The minimum absolute atomic E-state index is 0.371. The lowest BCUT2D eigenvalue weighted by Gasteiger charge is -2.12. The van der Waals surface area contributed by atoms with Gasteiger partial charge in [0.1, 0.15) is 11.5 Å². The molecule has 0 unspecified atom stereocenters. The van der Waals surface area contributed by atoms with Crippen LogP contribution in [0.2, 0.25) is 5.02 Å². The third-order valence-electron chi connectivity index (χ3n) is 2.71. The molecule has 1 aromatic carbocycles. The summed E-state index contributed by atoms with van der Waals surface area (Å²) < 4.78 is 11.2. The molecule has 19 heavy (non-hydrogen) atoms. The second kappa shape index (κ2) is 8.81. The highest BCUT2D eigenvalue weighted by atomic mass is 35.5. The summed E-state index contributed by atoms with van der Waals surface area (Å²) in [6.45, 7) is 5.40. The normalized spacial score (nSPS) is 10.3. The number of hydrogen-bond donors (Lipinski definition) is 0. The van der Waals surface area contributed by atoms with Gasteiger partial charge in [-0.25, -0.2) is 0 Å². The molecule has 0 bridgehead atoms. The van der Waals surface area contributed by atoms with Gasteiger partial charge in [-0.2, -0.15) is 0 Å². The minimum atomic E-state index is 0.371. The Morgan fingerprint density at radius 1 is 1.11 bits per heavy atom. The van der Waals surface area contributed by atoms with Crippen molar-refractivity contribution in [3.8, 4) is 11.5 Å². The molecule has 0 fully saturated rings. The van der Waals surface area contributed by atoms with E-state index in [9.17, 15) is 4.79 Å². The highest BCUT2D eigenvalue weighted by molar-refractivity contribution is 6.33. The van der Waals surface area contributed by atoms with Crippen molar-refractivity contribution in [3.05, 3.63) is 22.7 Å². The van der Waals surface area contributed by atoms with Gasteiger partial charge >= 0.3 is 0 Å². The van der Waals surface area contributed by atoms with E-state index in [1.807, 2.05) is 0 Å². The Morgan fingerprint density at radius 2 is 1.74 bits per heavy atom. The van der Waals surface area contributed by atoms with Gasteiger partial charge in [-0.15, -0.1) is 0 Å². The van der Waals surface area contributed by atoms with Crippen molar-refractivity contribution >= 4 is 17.9 Å². The predicted octanol–water partition coefficient (Wildman–Crippen LogP) is 4.51. The SMILES string of the molecule is CCCCOc1cc(Cl)c(C=O)c(OCCCC)c1. The summed E-state index contributed by atoms with van der Waals surface area (Å²) in [4.78, 5) is 11.0. The Morgan fingerprint density at radius 3 is 2.32 bits per heavy atom. The molecule has 0 saturated heterocycles. The lowest BCUT2D eigenvalue weighted by Crippen LogP contribution is -2.02. The molecule has 0 aromatic heterocycles. The topological polar surface area (TPSA) is 35.5 Å². The summed E-state index contributed by atoms with van der Waals surface area (Å²) in [5, 5.41) is 0.371. The van der Waals surface area contributed by atoms with Crippen molar-refractivity contribution in [1.29, 1.82) is 0 Å². The average molecular weight is 285 g/mol. The standard InChI is InChI=1S/C15H21ClO3/c1-3-5-7-18-12-9-14(16)13(11-17)15(10-12)19-8-6-4-2/h9-11H,3-8H2,1-2H3. The van der Waals surface area contributed by atoms with Crippen LogP contribution in [-0.2, 0) is 0 Å². The average Bonchev–Trinajstić information content (AvgIpc) is 2.39. The lowest BCUT2D eigenvalue weighted by atomic mass is 10.2. The van der Waals surface area contributed by atoms with E-state index in [-0.39, 0.29) is 0 Å². The summed E-state index contributed by atoms with van der Waals surface area (Å²) in [7, 11) is 0. The quantitative estimate of drug-likeness (QED) is 0.494. The van der Waals surface area contributed by atoms with E-state index in [0.29, 0.717) is 35.3 Å². The fraction of sp³-hybridized carbons (Fsp3) is 0.533. The van der Waals surface area contributed by atoms with Crippen molar-refractivity contribution < 1.29 is 14.3 Å². The molecule has 0 saturated carbocycles. The molecular weight excluding hydrogens is 264 g/mol. The molecule has 0 aliphatic heterocycles. The van der Waals surface area contributed by atoms with Crippen molar-refractivity contribution in [2.75, 3.05) is 13.2 Å². The fourth-order valence-corrected chi connectivity index (χ4v) is 1.79. The van der Waals surface area contributed by atoms with Crippen LogP contribution in [0.3, 0.4) is 0 Å². The van der Waals surface area contributed by atoms with Crippen LogP contribution in [0, 0.1) is 0 Å². The third kappa shape index (κ3) is 5.11. The first kappa shape index (κ1) is 15.8. The van der Waals surface area contributed by atoms with Crippen LogP contribution in [0.5, 0.6) is 11.5 Å². The number of hydrogen-bond acceptors (Lipinski definition) is 3. The third-order valence-corrected chi connectivity index (χ3v) is 3.02. The Labute approximate surface area is 119 Å². The molecule has 0 aliphatic carbocycles. The van der Waals surface area contributed by atoms with Gasteiger partial charge in [-0.1, -0.05) is 38.3 Å². The first-order valence-corrected chi connectivity index (χ1v) is 7.15. The maximum Gasteiger partial charge on any atom is 0.155 e. The van der Waals surface area contributed by atoms with Gasteiger partial charge in [0.25, 0.3) is 0 Å². The number of benzene rings is 1. The number of carbonyl (C=O) groups excluding carboxylic acids is 1. The van der Waals surface area contributed by atoms with Crippen molar-refractivity contribution in [3.63, 3.8) is 0 Å². The molecule has 0 atom stereocenters. The van der Waals surface area contributed by atoms with Crippen LogP contribution >= 0.6 is 11.6 Å². The van der Waals surface area contributed by atoms with Gasteiger partial charge in [0, 0.05) is 6.07 Å². The summed E-state index contributed by atoms with van der Waals surface area (Å²) in [6.07, 6.45) is 4.76. The van der Waals surface area contributed by atoms with Crippen LogP contribution in [0.4, 0.5) is 0 Å². The molecule has 0 heterocycles. The van der Waals surface area contributed by atoms with Crippen molar-refractivity contribution in [2.24, 2.45) is 0 Å². The van der Waals surface area contributed by atoms with Gasteiger partial charge in [-0.3, -0.25) is 4.79 Å². The maximum absolute atomic E-state index is 11.0. The van der Waals surface area contributed by atoms with Crippen LogP contribution in [-0.4, -0.2) is 19.5 Å². The smallest absolute Gasteiger partial charge is 0.155 e. The molecular formula is C15H21ClO3. The summed E-state index contributed by atoms with van der Waals surface area (Å²) in [5.41, 5.74) is 0.389. The van der Waals surface area contributed by atoms with Crippen LogP contribution < -0.4 is 9.47 Å². The molecule has 106 valence electrons. The number of ether oxygens (including phenoxy) is 2. The van der Waals surface area contributed by atoms with E-state index in [0.717, 1.165) is 32.0 Å². The largest absolute Gasteiger partial charge is 0.493 e. The van der Waals surface area contributed by atoms with E-state index < -0.39 is 0 Å². The minimum Gasteiger partial charge on any atom is -0.493 e. The monoisotopic (exact) mass is 284 g/mol. The molecule has 0 aliphatic rings. The molecule has 1 aromatic rings. The highest BCUT2D eigenvalue weighted by Gasteiger charge is 2.11. The number of carbonyl (C=O) groups is 1. The Bertz CT molecular complexity index is 405. The number of halogens is 1. The van der Waals surface area contributed by atoms with E-state index in [4.69, 9.17) is 21.1 Å². The molecule has 0 amide bonds. The van der Waals surface area contributed by atoms with Crippen LogP contribution in [0.25, 0.3) is 0 Å². The lowest BCUT2D eigenvalue weighted by molar-refractivity contribution is 0.111. The zero-order valence-electron chi connectivity index (χ0n) is 11.6. The summed E-state index contributed by atoms with van der Waals surface area (Å²) in [5.74, 6) is 1.15. The highest BCUT2D eigenvalue weighted by Crippen LogP contribution is 2.31. The zero-order chi connectivity index (χ0) is 14.1. The Balaban J connectivity index is 2.81. The molecule has 4 heteroatoms. The van der Waals surface area contributed by atoms with Crippen molar-refractivity contribution in [2.45, 2.75) is 39.5 Å². The fourth-order valence-electron chi connectivity index (χ4n) is 1.55. The molecule has 3 nitrogen and oxygen atoms in total. The van der Waals surface area contributed by atoms with E-state index >= 15 is 0 Å². The molecule has 0 N–H and O–H groups in total. The maximum atomic E-state index is 11.0. The van der Waals surface area contributed by atoms with Crippen LogP contribution in [0.15, 0.2) is 12.1 Å². The Kier molecular flexibility index (Phi) is 7.34. The van der Waals surface area contributed by atoms with Crippen molar-refractivity contribution in [1.82, 2.24) is 0 Å². The van der Waals surface area contributed by atoms with Gasteiger partial charge in [-0.05, 0) is 18.9 Å². The number of aldehydes is 1. The van der Waals surface area contributed by atoms with Gasteiger partial charge < -0.3 is 9.47 Å². The zero-order valence-corrected chi connectivity index (χ0v) is 12.3. The summed E-state index contributed by atoms with van der Waals surface area (Å²) >= 11 is 6.07. The Hall–Kier alpha value is -1.22. The number of rotatable bonds is 9. The van der Waals surface area contributed by atoms with Gasteiger partial charge in [0.05, 0.1) is 23.8 Å². The van der Waals surface area contributed by atoms with E-state index in [2.05, 4.69) is 13.8 Å². The number of unbranched alkanes of at least 4 members (excludes halogenated alkanes) is 2.